The van der Waals surface area contributed by atoms with Gasteiger partial charge in [0, 0.05) is 18.8 Å². The van der Waals surface area contributed by atoms with Gasteiger partial charge in [0.1, 0.15) is 5.82 Å². The zero-order valence-corrected chi connectivity index (χ0v) is 14.3. The molecule has 6 nitrogen and oxygen atoms in total. The standard InChI is InChI=1S/C18H18F3N5O/c19-18(20,21)12-6-8-13(9-7-12)22-17-23-15-4-1-5-16(26(15)24-17)25-10-2-3-14(27)11-25/h1,4-9,14,27H,2-3,10-11H2,(H,22,24)/t14-/m0/s1. The highest BCUT2D eigenvalue weighted by Crippen LogP contribution is 2.30. The second kappa shape index (κ2) is 6.73. The molecule has 142 valence electrons. The number of β-amino-alcohol motifs (C(OH)–C–C–N with tert-alkyl or cyclic N) is 1. The molecule has 0 unspecified atom stereocenters. The molecule has 27 heavy (non-hydrogen) atoms. The summed E-state index contributed by atoms with van der Waals surface area (Å²) in [6.45, 7) is 1.35. The van der Waals surface area contributed by atoms with E-state index in [1.54, 1.807) is 10.6 Å². The van der Waals surface area contributed by atoms with Gasteiger partial charge in [-0.2, -0.15) is 22.7 Å². The van der Waals surface area contributed by atoms with Gasteiger partial charge in [-0.15, -0.1) is 5.10 Å². The second-order valence-electron chi connectivity index (χ2n) is 6.53. The van der Waals surface area contributed by atoms with Crippen molar-refractivity contribution in [3.05, 3.63) is 48.0 Å². The molecular weight excluding hydrogens is 359 g/mol. The van der Waals surface area contributed by atoms with Gasteiger partial charge in [-0.1, -0.05) is 6.07 Å². The quantitative estimate of drug-likeness (QED) is 0.732. The Hall–Kier alpha value is -2.81. The molecule has 2 aromatic heterocycles. The zero-order valence-electron chi connectivity index (χ0n) is 14.3. The van der Waals surface area contributed by atoms with Crippen LogP contribution in [0.25, 0.3) is 5.65 Å². The van der Waals surface area contributed by atoms with Crippen molar-refractivity contribution < 1.29 is 18.3 Å². The molecule has 1 aliphatic heterocycles. The highest BCUT2D eigenvalue weighted by atomic mass is 19.4. The number of aliphatic hydroxyl groups excluding tert-OH is 1. The molecular formula is C18H18F3N5O. The summed E-state index contributed by atoms with van der Waals surface area (Å²) in [5, 5.41) is 17.3. The first-order valence-electron chi connectivity index (χ1n) is 8.63. The molecule has 0 amide bonds. The van der Waals surface area contributed by atoms with Crippen LogP contribution in [-0.2, 0) is 6.18 Å². The van der Waals surface area contributed by atoms with E-state index in [0.29, 0.717) is 23.8 Å². The SMILES string of the molecule is O[C@H]1CCCN(c2cccc3nc(Nc4ccc(C(F)(F)F)cc4)nn23)C1. The lowest BCUT2D eigenvalue weighted by molar-refractivity contribution is -0.137. The Balaban J connectivity index is 1.59. The Kier molecular flexibility index (Phi) is 4.39. The van der Waals surface area contributed by atoms with Crippen molar-refractivity contribution in [2.24, 2.45) is 0 Å². The predicted molar refractivity (Wildman–Crippen MR) is 95.2 cm³/mol. The second-order valence-corrected chi connectivity index (χ2v) is 6.53. The van der Waals surface area contributed by atoms with E-state index in [1.807, 2.05) is 12.1 Å². The van der Waals surface area contributed by atoms with E-state index in [1.165, 1.54) is 12.1 Å². The summed E-state index contributed by atoms with van der Waals surface area (Å²) in [7, 11) is 0. The molecule has 3 heterocycles. The van der Waals surface area contributed by atoms with E-state index >= 15 is 0 Å². The molecule has 0 bridgehead atoms. The molecule has 9 heteroatoms. The molecule has 2 N–H and O–H groups in total. The minimum atomic E-state index is -4.37. The van der Waals surface area contributed by atoms with Crippen LogP contribution in [0.4, 0.5) is 30.6 Å². The Morgan fingerprint density at radius 1 is 1.11 bits per heavy atom. The number of hydrogen-bond acceptors (Lipinski definition) is 5. The van der Waals surface area contributed by atoms with Crippen molar-refractivity contribution in [2.45, 2.75) is 25.1 Å². The Morgan fingerprint density at radius 3 is 2.59 bits per heavy atom. The van der Waals surface area contributed by atoms with Gasteiger partial charge in [0.2, 0.25) is 5.95 Å². The molecule has 1 aromatic carbocycles. The summed E-state index contributed by atoms with van der Waals surface area (Å²) in [6.07, 6.45) is -3.07. The van der Waals surface area contributed by atoms with Gasteiger partial charge < -0.3 is 15.3 Å². The molecule has 1 saturated heterocycles. The molecule has 0 radical (unpaired) electrons. The Bertz CT molecular complexity index is 938. The van der Waals surface area contributed by atoms with Crippen molar-refractivity contribution in [2.75, 3.05) is 23.3 Å². The fourth-order valence-corrected chi connectivity index (χ4v) is 3.22. The summed E-state index contributed by atoms with van der Waals surface area (Å²) in [4.78, 5) is 6.44. The number of fused-ring (bicyclic) bond motifs is 1. The molecule has 1 atom stereocenters. The predicted octanol–water partition coefficient (Wildman–Crippen LogP) is 3.45. The van der Waals surface area contributed by atoms with E-state index in [9.17, 15) is 18.3 Å². The van der Waals surface area contributed by atoms with Gasteiger partial charge in [-0.05, 0) is 49.2 Å². The van der Waals surface area contributed by atoms with Crippen LogP contribution in [-0.4, -0.2) is 38.9 Å². The maximum absolute atomic E-state index is 12.7. The van der Waals surface area contributed by atoms with Crippen LogP contribution < -0.4 is 10.2 Å². The van der Waals surface area contributed by atoms with Crippen molar-refractivity contribution >= 4 is 23.1 Å². The summed E-state index contributed by atoms with van der Waals surface area (Å²) >= 11 is 0. The first-order chi connectivity index (χ1) is 12.9. The average molecular weight is 377 g/mol. The lowest BCUT2D eigenvalue weighted by Crippen LogP contribution is -2.39. The van der Waals surface area contributed by atoms with Crippen LogP contribution in [0.15, 0.2) is 42.5 Å². The summed E-state index contributed by atoms with van der Waals surface area (Å²) in [5.41, 5.74) is 0.373. The van der Waals surface area contributed by atoms with E-state index in [0.717, 1.165) is 37.3 Å². The number of piperidine rings is 1. The van der Waals surface area contributed by atoms with E-state index < -0.39 is 11.7 Å². The molecule has 0 aliphatic carbocycles. The van der Waals surface area contributed by atoms with Crippen LogP contribution in [0, 0.1) is 0 Å². The number of aliphatic hydroxyl groups is 1. The fraction of sp³-hybridized carbons (Fsp3) is 0.333. The lowest BCUT2D eigenvalue weighted by Gasteiger charge is -2.31. The number of nitrogens with one attached hydrogen (secondary N) is 1. The number of aromatic nitrogens is 3. The molecule has 3 aromatic rings. The number of nitrogens with zero attached hydrogens (tertiary/aromatic N) is 4. The zero-order chi connectivity index (χ0) is 19.0. The Morgan fingerprint density at radius 2 is 1.89 bits per heavy atom. The number of anilines is 3. The largest absolute Gasteiger partial charge is 0.416 e. The van der Waals surface area contributed by atoms with Crippen molar-refractivity contribution in [3.8, 4) is 0 Å². The maximum Gasteiger partial charge on any atom is 0.416 e. The summed E-state index contributed by atoms with van der Waals surface area (Å²) in [6, 6.07) is 10.3. The lowest BCUT2D eigenvalue weighted by atomic mass is 10.1. The van der Waals surface area contributed by atoms with Crippen molar-refractivity contribution in [1.29, 1.82) is 0 Å². The third-order valence-electron chi connectivity index (χ3n) is 4.53. The number of benzene rings is 1. The van der Waals surface area contributed by atoms with Gasteiger partial charge >= 0.3 is 6.18 Å². The highest BCUT2D eigenvalue weighted by molar-refractivity contribution is 5.58. The molecule has 1 aliphatic rings. The highest BCUT2D eigenvalue weighted by Gasteiger charge is 2.30. The van der Waals surface area contributed by atoms with E-state index in [4.69, 9.17) is 0 Å². The van der Waals surface area contributed by atoms with Crippen molar-refractivity contribution in [1.82, 2.24) is 14.6 Å². The fourth-order valence-electron chi connectivity index (χ4n) is 3.22. The summed E-state index contributed by atoms with van der Waals surface area (Å²) < 4.78 is 39.7. The van der Waals surface area contributed by atoms with Crippen LogP contribution in [0.2, 0.25) is 0 Å². The third-order valence-corrected chi connectivity index (χ3v) is 4.53. The first-order valence-corrected chi connectivity index (χ1v) is 8.63. The van der Waals surface area contributed by atoms with Gasteiger partial charge in [-0.3, -0.25) is 0 Å². The third kappa shape index (κ3) is 3.68. The van der Waals surface area contributed by atoms with E-state index in [2.05, 4.69) is 20.3 Å². The van der Waals surface area contributed by atoms with Gasteiger partial charge in [0.05, 0.1) is 11.7 Å². The van der Waals surface area contributed by atoms with Gasteiger partial charge in [0.25, 0.3) is 0 Å². The van der Waals surface area contributed by atoms with E-state index in [-0.39, 0.29) is 6.10 Å². The maximum atomic E-state index is 12.7. The topological polar surface area (TPSA) is 65.7 Å². The van der Waals surface area contributed by atoms with Crippen molar-refractivity contribution in [3.63, 3.8) is 0 Å². The molecule has 1 fully saturated rings. The smallest absolute Gasteiger partial charge is 0.391 e. The minimum absolute atomic E-state index is 0.291. The number of halogens is 3. The molecule has 4 rings (SSSR count). The number of alkyl halides is 3. The van der Waals surface area contributed by atoms with Crippen LogP contribution >= 0.6 is 0 Å². The van der Waals surface area contributed by atoms with Crippen LogP contribution in [0.1, 0.15) is 18.4 Å². The van der Waals surface area contributed by atoms with Crippen LogP contribution in [0.3, 0.4) is 0 Å². The van der Waals surface area contributed by atoms with Gasteiger partial charge in [0.15, 0.2) is 5.65 Å². The average Bonchev–Trinajstić information content (AvgIpc) is 3.03. The molecule has 0 spiro atoms. The number of hydrogen-bond donors (Lipinski definition) is 2. The summed E-state index contributed by atoms with van der Waals surface area (Å²) in [5.74, 6) is 1.11. The van der Waals surface area contributed by atoms with Gasteiger partial charge in [-0.25, -0.2) is 0 Å². The normalized spacial score (nSPS) is 18.1. The first kappa shape index (κ1) is 17.6. The van der Waals surface area contributed by atoms with Crippen LogP contribution in [0.5, 0.6) is 0 Å². The monoisotopic (exact) mass is 377 g/mol. The number of pyridine rings is 1. The minimum Gasteiger partial charge on any atom is -0.391 e. The Labute approximate surface area is 153 Å². The molecule has 0 saturated carbocycles. The number of rotatable bonds is 3.